The Balaban J connectivity index is 1.38. The SMILES string of the molecule is O=C(CN1CCC[C@H]1c1ccc2c(c1)OCCCO2)NCc1cccc(Cl)c1. The molecule has 2 aliphatic heterocycles. The van der Waals surface area contributed by atoms with E-state index in [0.29, 0.717) is 31.3 Å². The van der Waals surface area contributed by atoms with Crippen LogP contribution in [0.5, 0.6) is 11.5 Å². The average Bonchev–Trinajstić information content (AvgIpc) is 3.02. The molecule has 2 aromatic carbocycles. The fourth-order valence-corrected chi connectivity index (χ4v) is 4.08. The first-order valence-corrected chi connectivity index (χ1v) is 10.2. The van der Waals surface area contributed by atoms with Crippen molar-refractivity contribution in [2.24, 2.45) is 0 Å². The van der Waals surface area contributed by atoms with Gasteiger partial charge in [0, 0.05) is 24.0 Å². The lowest BCUT2D eigenvalue weighted by atomic mass is 10.0. The lowest BCUT2D eigenvalue weighted by Crippen LogP contribution is -2.36. The lowest BCUT2D eigenvalue weighted by molar-refractivity contribution is -0.122. The maximum Gasteiger partial charge on any atom is 0.234 e. The molecule has 2 aliphatic rings. The van der Waals surface area contributed by atoms with Crippen LogP contribution in [-0.2, 0) is 11.3 Å². The molecule has 0 unspecified atom stereocenters. The summed E-state index contributed by atoms with van der Waals surface area (Å²) in [5.41, 5.74) is 2.19. The van der Waals surface area contributed by atoms with Crippen molar-refractivity contribution in [2.45, 2.75) is 31.8 Å². The molecule has 6 heteroatoms. The zero-order valence-corrected chi connectivity index (χ0v) is 16.6. The number of hydrogen-bond donors (Lipinski definition) is 1. The number of hydrogen-bond acceptors (Lipinski definition) is 4. The van der Waals surface area contributed by atoms with Gasteiger partial charge in [-0.25, -0.2) is 0 Å². The number of fused-ring (bicyclic) bond motifs is 1. The van der Waals surface area contributed by atoms with Crippen molar-refractivity contribution in [3.05, 3.63) is 58.6 Å². The van der Waals surface area contributed by atoms with Crippen molar-refractivity contribution >= 4 is 17.5 Å². The predicted octanol–water partition coefficient (Wildman–Crippen LogP) is 3.95. The van der Waals surface area contributed by atoms with Crippen molar-refractivity contribution in [3.63, 3.8) is 0 Å². The highest BCUT2D eigenvalue weighted by Crippen LogP contribution is 2.37. The minimum atomic E-state index is 0.0289. The Kier molecular flexibility index (Phi) is 6.03. The maximum absolute atomic E-state index is 12.5. The molecule has 0 aromatic heterocycles. The number of benzene rings is 2. The molecular weight excluding hydrogens is 376 g/mol. The highest BCUT2D eigenvalue weighted by atomic mass is 35.5. The molecule has 0 aliphatic carbocycles. The molecule has 1 amide bonds. The number of carbonyl (C=O) groups is 1. The Hall–Kier alpha value is -2.24. The molecule has 1 N–H and O–H groups in total. The van der Waals surface area contributed by atoms with Gasteiger partial charge in [-0.3, -0.25) is 9.69 Å². The summed E-state index contributed by atoms with van der Waals surface area (Å²) in [6.45, 7) is 3.16. The molecule has 0 radical (unpaired) electrons. The van der Waals surface area contributed by atoms with Gasteiger partial charge in [-0.2, -0.15) is 0 Å². The van der Waals surface area contributed by atoms with Crippen LogP contribution in [-0.4, -0.2) is 37.1 Å². The van der Waals surface area contributed by atoms with E-state index in [-0.39, 0.29) is 11.9 Å². The third-order valence-electron chi connectivity index (χ3n) is 5.25. The Morgan fingerprint density at radius 2 is 1.96 bits per heavy atom. The molecule has 148 valence electrons. The van der Waals surface area contributed by atoms with Crippen LogP contribution in [0.1, 0.15) is 36.4 Å². The Morgan fingerprint density at radius 3 is 2.82 bits per heavy atom. The van der Waals surface area contributed by atoms with E-state index in [1.54, 1.807) is 0 Å². The second-order valence-corrected chi connectivity index (χ2v) is 7.73. The predicted molar refractivity (Wildman–Crippen MR) is 109 cm³/mol. The normalized spacial score (nSPS) is 19.2. The minimum Gasteiger partial charge on any atom is -0.490 e. The number of nitrogens with zero attached hydrogens (tertiary/aromatic N) is 1. The first-order valence-electron chi connectivity index (χ1n) is 9.84. The van der Waals surface area contributed by atoms with Crippen LogP contribution >= 0.6 is 11.6 Å². The van der Waals surface area contributed by atoms with Crippen molar-refractivity contribution in [1.82, 2.24) is 10.2 Å². The van der Waals surface area contributed by atoms with Crippen molar-refractivity contribution in [1.29, 1.82) is 0 Å². The molecule has 1 saturated heterocycles. The smallest absolute Gasteiger partial charge is 0.234 e. The fraction of sp³-hybridized carbons (Fsp3) is 0.409. The molecular formula is C22H25ClN2O3. The van der Waals surface area contributed by atoms with E-state index in [0.717, 1.165) is 42.9 Å². The zero-order valence-electron chi connectivity index (χ0n) is 15.8. The van der Waals surface area contributed by atoms with Gasteiger partial charge in [-0.1, -0.05) is 29.8 Å². The highest BCUT2D eigenvalue weighted by molar-refractivity contribution is 6.30. The van der Waals surface area contributed by atoms with Gasteiger partial charge in [-0.15, -0.1) is 0 Å². The van der Waals surface area contributed by atoms with Gasteiger partial charge in [0.2, 0.25) is 5.91 Å². The van der Waals surface area contributed by atoms with Crippen LogP contribution in [0.2, 0.25) is 5.02 Å². The summed E-state index contributed by atoms with van der Waals surface area (Å²) in [6.07, 6.45) is 3.02. The van der Waals surface area contributed by atoms with E-state index in [9.17, 15) is 4.79 Å². The van der Waals surface area contributed by atoms with Crippen molar-refractivity contribution in [2.75, 3.05) is 26.3 Å². The second kappa shape index (κ2) is 8.84. The quantitative estimate of drug-likeness (QED) is 0.825. The molecule has 2 aromatic rings. The Bertz CT molecular complexity index is 842. The molecule has 0 saturated carbocycles. The largest absolute Gasteiger partial charge is 0.490 e. The topological polar surface area (TPSA) is 50.8 Å². The van der Waals surface area contributed by atoms with Crippen molar-refractivity contribution in [3.8, 4) is 11.5 Å². The molecule has 2 heterocycles. The van der Waals surface area contributed by atoms with Crippen LogP contribution in [0.15, 0.2) is 42.5 Å². The van der Waals surface area contributed by atoms with Crippen LogP contribution in [0, 0.1) is 0 Å². The summed E-state index contributed by atoms with van der Waals surface area (Å²) in [5.74, 6) is 1.65. The van der Waals surface area contributed by atoms with Crippen LogP contribution in [0.25, 0.3) is 0 Å². The van der Waals surface area contributed by atoms with Gasteiger partial charge in [0.1, 0.15) is 0 Å². The average molecular weight is 401 g/mol. The summed E-state index contributed by atoms with van der Waals surface area (Å²) < 4.78 is 11.6. The fourth-order valence-electron chi connectivity index (χ4n) is 3.87. The van der Waals surface area contributed by atoms with E-state index < -0.39 is 0 Å². The molecule has 5 nitrogen and oxygen atoms in total. The number of likely N-dealkylation sites (tertiary alicyclic amines) is 1. The van der Waals surface area contributed by atoms with Gasteiger partial charge in [0.15, 0.2) is 11.5 Å². The molecule has 0 spiro atoms. The van der Waals surface area contributed by atoms with E-state index in [1.807, 2.05) is 30.3 Å². The van der Waals surface area contributed by atoms with E-state index in [4.69, 9.17) is 21.1 Å². The van der Waals surface area contributed by atoms with Crippen LogP contribution in [0.4, 0.5) is 0 Å². The van der Waals surface area contributed by atoms with Crippen LogP contribution < -0.4 is 14.8 Å². The van der Waals surface area contributed by atoms with Gasteiger partial charge >= 0.3 is 0 Å². The van der Waals surface area contributed by atoms with E-state index in [1.165, 1.54) is 5.56 Å². The van der Waals surface area contributed by atoms with Crippen LogP contribution in [0.3, 0.4) is 0 Å². The number of nitrogens with one attached hydrogen (secondary N) is 1. The Labute approximate surface area is 170 Å². The molecule has 0 bridgehead atoms. The van der Waals surface area contributed by atoms with Gasteiger partial charge in [0.25, 0.3) is 0 Å². The molecule has 28 heavy (non-hydrogen) atoms. The number of rotatable bonds is 5. The van der Waals surface area contributed by atoms with Gasteiger partial charge < -0.3 is 14.8 Å². The highest BCUT2D eigenvalue weighted by Gasteiger charge is 2.28. The number of halogens is 1. The van der Waals surface area contributed by atoms with E-state index in [2.05, 4.69) is 22.3 Å². The summed E-state index contributed by atoms with van der Waals surface area (Å²) in [6, 6.07) is 14.0. The minimum absolute atomic E-state index is 0.0289. The molecule has 4 rings (SSSR count). The van der Waals surface area contributed by atoms with E-state index >= 15 is 0 Å². The molecule has 1 fully saturated rings. The number of carbonyl (C=O) groups excluding carboxylic acids is 1. The molecule has 1 atom stereocenters. The number of ether oxygens (including phenoxy) is 2. The summed E-state index contributed by atoms with van der Waals surface area (Å²) in [4.78, 5) is 14.7. The number of amides is 1. The van der Waals surface area contributed by atoms with Crippen molar-refractivity contribution < 1.29 is 14.3 Å². The van der Waals surface area contributed by atoms with Gasteiger partial charge in [-0.05, 0) is 54.8 Å². The standard InChI is InChI=1S/C22H25ClN2O3/c23-18-5-1-4-16(12-18)14-24-22(26)15-25-9-2-6-19(25)17-7-8-20-21(13-17)28-11-3-10-27-20/h1,4-5,7-8,12-13,19H,2-3,6,9-11,14-15H2,(H,24,26)/t19-/m0/s1. The summed E-state index contributed by atoms with van der Waals surface area (Å²) >= 11 is 6.01. The summed E-state index contributed by atoms with van der Waals surface area (Å²) in [5, 5.41) is 3.68. The monoisotopic (exact) mass is 400 g/mol. The Morgan fingerprint density at radius 1 is 1.11 bits per heavy atom. The third kappa shape index (κ3) is 4.59. The maximum atomic E-state index is 12.5. The van der Waals surface area contributed by atoms with Gasteiger partial charge in [0.05, 0.1) is 19.8 Å². The third-order valence-corrected chi connectivity index (χ3v) is 5.48. The lowest BCUT2D eigenvalue weighted by Gasteiger charge is -2.25. The second-order valence-electron chi connectivity index (χ2n) is 7.29. The zero-order chi connectivity index (χ0) is 19.3. The first kappa shape index (κ1) is 19.1. The summed E-state index contributed by atoms with van der Waals surface area (Å²) in [7, 11) is 0. The first-order chi connectivity index (χ1) is 13.7.